The van der Waals surface area contributed by atoms with Crippen LogP contribution in [-0.2, 0) is 27.7 Å². The third-order valence-electron chi connectivity index (χ3n) is 6.26. The highest BCUT2D eigenvalue weighted by Crippen LogP contribution is 2.32. The molecule has 0 heterocycles. The Morgan fingerprint density at radius 2 is 1.72 bits per heavy atom. The molecule has 0 fully saturated rings. The van der Waals surface area contributed by atoms with Gasteiger partial charge in [-0.15, -0.1) is 0 Å². The van der Waals surface area contributed by atoms with Gasteiger partial charge in [0.25, 0.3) is 15.9 Å². The minimum Gasteiger partial charge on any atom is -0.497 e. The Hall–Kier alpha value is -4.17. The van der Waals surface area contributed by atoms with Crippen molar-refractivity contribution >= 4 is 38.6 Å². The zero-order valence-corrected chi connectivity index (χ0v) is 20.5. The van der Waals surface area contributed by atoms with Gasteiger partial charge in [-0.2, -0.15) is 5.10 Å². The molecule has 4 aromatic rings. The molecule has 0 aromatic heterocycles. The van der Waals surface area contributed by atoms with Crippen molar-refractivity contribution in [2.24, 2.45) is 5.10 Å². The summed E-state index contributed by atoms with van der Waals surface area (Å²) in [6.45, 7) is -0.453. The first kappa shape index (κ1) is 23.6. The van der Waals surface area contributed by atoms with Crippen molar-refractivity contribution in [3.05, 3.63) is 102 Å². The first-order valence-corrected chi connectivity index (χ1v) is 13.0. The summed E-state index contributed by atoms with van der Waals surface area (Å²) in [4.78, 5) is 12.9. The van der Waals surface area contributed by atoms with E-state index in [1.807, 2.05) is 18.2 Å². The number of methoxy groups -OCH3 is 1. The number of hydrogen-bond donors (Lipinski definition) is 1. The number of amides is 1. The van der Waals surface area contributed by atoms with Gasteiger partial charge in [0.15, 0.2) is 0 Å². The lowest BCUT2D eigenvalue weighted by molar-refractivity contribution is -0.119. The van der Waals surface area contributed by atoms with Crippen molar-refractivity contribution in [2.45, 2.75) is 17.7 Å². The monoisotopic (exact) mass is 499 g/mol. The van der Waals surface area contributed by atoms with E-state index < -0.39 is 22.5 Å². The molecule has 0 atom stereocenters. The van der Waals surface area contributed by atoms with Crippen LogP contribution >= 0.6 is 0 Å². The van der Waals surface area contributed by atoms with E-state index >= 15 is 0 Å². The lowest BCUT2D eigenvalue weighted by atomic mass is 10.0. The molecule has 0 aliphatic heterocycles. The number of carbonyl (C=O) groups excluding carboxylic acids is 1. The normalized spacial score (nSPS) is 12.7. The van der Waals surface area contributed by atoms with Gasteiger partial charge < -0.3 is 4.74 Å². The number of aryl methyl sites for hydroxylation is 2. The number of carbonyl (C=O) groups is 1. The van der Waals surface area contributed by atoms with E-state index in [-0.39, 0.29) is 4.90 Å². The van der Waals surface area contributed by atoms with Gasteiger partial charge in [0, 0.05) is 11.6 Å². The third-order valence-corrected chi connectivity index (χ3v) is 8.05. The number of nitrogens with zero attached hydrogens (tertiary/aromatic N) is 2. The fraction of sp³-hybridized carbons (Fsp3) is 0.143. The predicted molar refractivity (Wildman–Crippen MR) is 141 cm³/mol. The number of benzene rings is 4. The van der Waals surface area contributed by atoms with E-state index in [1.54, 1.807) is 48.7 Å². The van der Waals surface area contributed by atoms with E-state index in [4.69, 9.17) is 4.74 Å². The van der Waals surface area contributed by atoms with Crippen LogP contribution in [0.4, 0.5) is 5.69 Å². The molecule has 7 nitrogen and oxygen atoms in total. The molecule has 8 heteroatoms. The molecule has 4 aromatic carbocycles. The summed E-state index contributed by atoms with van der Waals surface area (Å²) < 4.78 is 33.2. The molecule has 0 spiro atoms. The molecular weight excluding hydrogens is 474 g/mol. The van der Waals surface area contributed by atoms with Crippen molar-refractivity contribution in [3.63, 3.8) is 0 Å². The zero-order valence-electron chi connectivity index (χ0n) is 19.7. The molecular formula is C28H25N3O4S. The van der Waals surface area contributed by atoms with Crippen molar-refractivity contribution in [3.8, 4) is 5.75 Å². The van der Waals surface area contributed by atoms with Crippen LogP contribution in [0.3, 0.4) is 0 Å². The number of ether oxygens (including phenoxy) is 1. The Labute approximate surface area is 210 Å². The van der Waals surface area contributed by atoms with Gasteiger partial charge in [-0.05, 0) is 59.0 Å². The van der Waals surface area contributed by atoms with E-state index in [9.17, 15) is 13.2 Å². The Bertz CT molecular complexity index is 1560. The Morgan fingerprint density at radius 3 is 2.50 bits per heavy atom. The van der Waals surface area contributed by atoms with Crippen molar-refractivity contribution < 1.29 is 17.9 Å². The standard InChI is InChI=1S/C28H25N3O4S/c1-35-24-9-6-8-23(17-24)31(36(33,34)25-10-3-2-4-11-25)19-27(32)30-29-18-22-16-15-21-14-13-20-7-5-12-26(22)28(20)21/h2-12,15-18H,13-14,19H2,1H3,(H,30,32)/b29-18-. The van der Waals surface area contributed by atoms with Crippen LogP contribution in [0.15, 0.2) is 94.9 Å². The number of nitrogens with one attached hydrogen (secondary N) is 1. The highest BCUT2D eigenvalue weighted by atomic mass is 32.2. The van der Waals surface area contributed by atoms with Crippen LogP contribution < -0.4 is 14.5 Å². The second kappa shape index (κ2) is 9.83. The zero-order chi connectivity index (χ0) is 25.1. The minimum atomic E-state index is -4.02. The molecule has 5 rings (SSSR count). The highest BCUT2D eigenvalue weighted by molar-refractivity contribution is 7.92. The summed E-state index contributed by atoms with van der Waals surface area (Å²) in [5, 5.41) is 6.48. The molecule has 0 saturated carbocycles. The van der Waals surface area contributed by atoms with Crippen LogP contribution in [0.25, 0.3) is 10.8 Å². The maximum atomic E-state index is 13.4. The van der Waals surface area contributed by atoms with Crippen LogP contribution in [0.5, 0.6) is 5.75 Å². The number of sulfonamides is 1. The summed E-state index contributed by atoms with van der Waals surface area (Å²) in [6.07, 6.45) is 3.65. The highest BCUT2D eigenvalue weighted by Gasteiger charge is 2.27. The topological polar surface area (TPSA) is 88.1 Å². The first-order valence-electron chi connectivity index (χ1n) is 11.5. The molecule has 1 N–H and O–H groups in total. The SMILES string of the molecule is COc1cccc(N(CC(=O)N/N=C\c2ccc3c4c(cccc24)CC3)S(=O)(=O)c2ccccc2)c1. The second-order valence-corrected chi connectivity index (χ2v) is 10.3. The van der Waals surface area contributed by atoms with Crippen LogP contribution in [0.2, 0.25) is 0 Å². The first-order chi connectivity index (χ1) is 17.5. The van der Waals surface area contributed by atoms with E-state index in [0.717, 1.165) is 28.1 Å². The maximum Gasteiger partial charge on any atom is 0.264 e. The second-order valence-electron chi connectivity index (χ2n) is 8.47. The fourth-order valence-corrected chi connectivity index (χ4v) is 5.96. The van der Waals surface area contributed by atoms with Gasteiger partial charge >= 0.3 is 0 Å². The molecule has 0 unspecified atom stereocenters. The number of hydrazone groups is 1. The summed E-state index contributed by atoms with van der Waals surface area (Å²) in [6, 6.07) is 24.9. The number of hydrogen-bond acceptors (Lipinski definition) is 5. The van der Waals surface area contributed by atoms with Gasteiger partial charge in [0.1, 0.15) is 12.3 Å². The van der Waals surface area contributed by atoms with Gasteiger partial charge in [0.05, 0.1) is 23.9 Å². The minimum absolute atomic E-state index is 0.0806. The number of anilines is 1. The largest absolute Gasteiger partial charge is 0.497 e. The Morgan fingerprint density at radius 1 is 0.972 bits per heavy atom. The smallest absolute Gasteiger partial charge is 0.264 e. The average molecular weight is 500 g/mol. The van der Waals surface area contributed by atoms with Gasteiger partial charge in [-0.25, -0.2) is 13.8 Å². The summed E-state index contributed by atoms with van der Waals surface area (Å²) in [7, 11) is -2.52. The average Bonchev–Trinajstić information content (AvgIpc) is 3.33. The molecule has 0 radical (unpaired) electrons. The van der Waals surface area contributed by atoms with Gasteiger partial charge in [0.2, 0.25) is 0 Å². The van der Waals surface area contributed by atoms with Crippen LogP contribution in [0.1, 0.15) is 16.7 Å². The fourth-order valence-electron chi connectivity index (χ4n) is 4.52. The predicted octanol–water partition coefficient (Wildman–Crippen LogP) is 4.29. The van der Waals surface area contributed by atoms with Gasteiger partial charge in [-0.3, -0.25) is 9.10 Å². The molecule has 0 bridgehead atoms. The van der Waals surface area contributed by atoms with E-state index in [2.05, 4.69) is 22.7 Å². The molecule has 1 aliphatic carbocycles. The molecule has 1 amide bonds. The lowest BCUT2D eigenvalue weighted by Crippen LogP contribution is -2.39. The van der Waals surface area contributed by atoms with Crippen molar-refractivity contribution in [1.29, 1.82) is 0 Å². The molecule has 1 aliphatic rings. The van der Waals surface area contributed by atoms with Crippen molar-refractivity contribution in [1.82, 2.24) is 5.43 Å². The Kier molecular flexibility index (Phi) is 6.43. The molecule has 36 heavy (non-hydrogen) atoms. The lowest BCUT2D eigenvalue weighted by Gasteiger charge is -2.24. The Balaban J connectivity index is 1.39. The maximum absolute atomic E-state index is 13.4. The molecule has 0 saturated heterocycles. The summed E-state index contributed by atoms with van der Waals surface area (Å²) >= 11 is 0. The number of rotatable bonds is 8. The quantitative estimate of drug-likeness (QED) is 0.289. The third kappa shape index (κ3) is 4.55. The summed E-state index contributed by atoms with van der Waals surface area (Å²) in [5.74, 6) is -0.0919. The van der Waals surface area contributed by atoms with Crippen molar-refractivity contribution in [2.75, 3.05) is 18.0 Å². The van der Waals surface area contributed by atoms with E-state index in [0.29, 0.717) is 11.4 Å². The van der Waals surface area contributed by atoms with E-state index in [1.165, 1.54) is 35.8 Å². The van der Waals surface area contributed by atoms with Crippen LogP contribution in [0, 0.1) is 0 Å². The molecule has 182 valence electrons. The van der Waals surface area contributed by atoms with Crippen LogP contribution in [-0.4, -0.2) is 34.2 Å². The van der Waals surface area contributed by atoms with Gasteiger partial charge in [-0.1, -0.05) is 54.6 Å². The summed E-state index contributed by atoms with van der Waals surface area (Å²) in [5.41, 5.74) is 6.33.